The molecule has 0 unspecified atom stereocenters. The van der Waals surface area contributed by atoms with Crippen LogP contribution in [0.1, 0.15) is 41.4 Å². The number of hydrogen-bond acceptors (Lipinski definition) is 4. The lowest BCUT2D eigenvalue weighted by molar-refractivity contribution is 0.101. The van der Waals surface area contributed by atoms with Gasteiger partial charge in [-0.1, -0.05) is 29.8 Å². The number of halogens is 1. The quantitative estimate of drug-likeness (QED) is 0.671. The summed E-state index contributed by atoms with van der Waals surface area (Å²) in [5.41, 5.74) is 2.74. The Morgan fingerprint density at radius 2 is 1.79 bits per heavy atom. The highest BCUT2D eigenvalue weighted by molar-refractivity contribution is 6.34. The highest BCUT2D eigenvalue weighted by atomic mass is 35.5. The topological polar surface area (TPSA) is 65.4 Å². The summed E-state index contributed by atoms with van der Waals surface area (Å²) in [6.07, 6.45) is 3.02. The van der Waals surface area contributed by atoms with Gasteiger partial charge in [-0.25, -0.2) is 4.68 Å². The molecule has 0 radical (unpaired) electrons. The largest absolute Gasteiger partial charge is 0.490 e. The summed E-state index contributed by atoms with van der Waals surface area (Å²) in [4.78, 5) is 13.2. The summed E-state index contributed by atoms with van der Waals surface area (Å²) < 4.78 is 13.1. The average molecular weight is 410 g/mol. The number of aromatic nitrogens is 2. The highest BCUT2D eigenvalue weighted by Crippen LogP contribution is 2.40. The van der Waals surface area contributed by atoms with Crippen LogP contribution in [0, 0.1) is 0 Å². The van der Waals surface area contributed by atoms with Crippen LogP contribution in [-0.2, 0) is 0 Å². The van der Waals surface area contributed by atoms with Gasteiger partial charge < -0.3 is 14.8 Å². The molecule has 5 rings (SSSR count). The molecule has 148 valence electrons. The Balaban J connectivity index is 1.48. The molecule has 3 aromatic rings. The number of para-hydroxylation sites is 1. The summed E-state index contributed by atoms with van der Waals surface area (Å²) in [5.74, 6) is 1.34. The molecule has 0 saturated heterocycles. The number of amides is 1. The molecule has 2 heterocycles. The van der Waals surface area contributed by atoms with Gasteiger partial charge in [-0.15, -0.1) is 0 Å². The molecule has 1 amide bonds. The Labute approximate surface area is 173 Å². The van der Waals surface area contributed by atoms with Crippen LogP contribution in [-0.4, -0.2) is 28.9 Å². The molecule has 0 bridgehead atoms. The van der Waals surface area contributed by atoms with Crippen molar-refractivity contribution in [2.24, 2.45) is 0 Å². The molecular weight excluding hydrogens is 390 g/mol. The maximum Gasteiger partial charge on any atom is 0.274 e. The summed E-state index contributed by atoms with van der Waals surface area (Å²) in [5, 5.41) is 8.00. The molecule has 1 aliphatic heterocycles. The predicted molar refractivity (Wildman–Crippen MR) is 111 cm³/mol. The fourth-order valence-electron chi connectivity index (χ4n) is 3.37. The number of rotatable bonds is 4. The Hall–Kier alpha value is -2.99. The van der Waals surface area contributed by atoms with Crippen LogP contribution in [0.4, 0.5) is 5.69 Å². The number of nitrogens with zero attached hydrogens (tertiary/aromatic N) is 2. The smallest absolute Gasteiger partial charge is 0.274 e. The van der Waals surface area contributed by atoms with Crippen LogP contribution >= 0.6 is 11.6 Å². The molecule has 2 aromatic carbocycles. The van der Waals surface area contributed by atoms with Crippen molar-refractivity contribution in [3.63, 3.8) is 0 Å². The number of benzene rings is 2. The maximum absolute atomic E-state index is 13.2. The van der Waals surface area contributed by atoms with Crippen LogP contribution in [0.25, 0.3) is 5.69 Å². The molecular formula is C22H20ClN3O3. The SMILES string of the molecule is O=C(Nc1cc2c(cc1Cl)OCCCO2)c1cc(C2CC2)nn1-c1ccccc1. The van der Waals surface area contributed by atoms with E-state index in [1.54, 1.807) is 16.8 Å². The number of fused-ring (bicyclic) bond motifs is 1. The van der Waals surface area contributed by atoms with Crippen LogP contribution in [0.2, 0.25) is 5.02 Å². The van der Waals surface area contributed by atoms with Gasteiger partial charge in [0.25, 0.3) is 5.91 Å². The second-order valence-electron chi connectivity index (χ2n) is 7.26. The van der Waals surface area contributed by atoms with E-state index in [-0.39, 0.29) is 5.91 Å². The lowest BCUT2D eigenvalue weighted by Crippen LogP contribution is -2.17. The van der Waals surface area contributed by atoms with E-state index in [1.165, 1.54) is 0 Å². The van der Waals surface area contributed by atoms with E-state index < -0.39 is 0 Å². The number of nitrogens with one attached hydrogen (secondary N) is 1. The average Bonchev–Trinajstić information content (AvgIpc) is 3.52. The van der Waals surface area contributed by atoms with Crippen molar-refractivity contribution in [3.8, 4) is 17.2 Å². The third kappa shape index (κ3) is 3.68. The maximum atomic E-state index is 13.2. The first-order chi connectivity index (χ1) is 14.2. The van der Waals surface area contributed by atoms with E-state index in [4.69, 9.17) is 21.1 Å². The van der Waals surface area contributed by atoms with Gasteiger partial charge in [-0.3, -0.25) is 4.79 Å². The number of carbonyl (C=O) groups excluding carboxylic acids is 1. The molecule has 1 N–H and O–H groups in total. The summed E-state index contributed by atoms with van der Waals surface area (Å²) in [7, 11) is 0. The fraction of sp³-hybridized carbons (Fsp3) is 0.273. The monoisotopic (exact) mass is 409 g/mol. The lowest BCUT2D eigenvalue weighted by atomic mass is 10.2. The molecule has 1 saturated carbocycles. The molecule has 1 aromatic heterocycles. The Morgan fingerprint density at radius 1 is 1.07 bits per heavy atom. The molecule has 1 fully saturated rings. The van der Waals surface area contributed by atoms with Gasteiger partial charge in [0.05, 0.1) is 35.3 Å². The van der Waals surface area contributed by atoms with Gasteiger partial charge in [0.15, 0.2) is 11.5 Å². The van der Waals surface area contributed by atoms with Crippen molar-refractivity contribution < 1.29 is 14.3 Å². The first kappa shape index (κ1) is 18.1. The van der Waals surface area contributed by atoms with E-state index in [2.05, 4.69) is 10.4 Å². The first-order valence-electron chi connectivity index (χ1n) is 9.75. The van der Waals surface area contributed by atoms with Crippen molar-refractivity contribution in [1.29, 1.82) is 0 Å². The van der Waals surface area contributed by atoms with Crippen molar-refractivity contribution in [2.75, 3.05) is 18.5 Å². The second-order valence-corrected chi connectivity index (χ2v) is 7.67. The van der Waals surface area contributed by atoms with E-state index >= 15 is 0 Å². The zero-order valence-corrected chi connectivity index (χ0v) is 16.5. The van der Waals surface area contributed by atoms with Gasteiger partial charge in [-0.05, 0) is 31.0 Å². The van der Waals surface area contributed by atoms with E-state index in [1.807, 2.05) is 36.4 Å². The fourth-order valence-corrected chi connectivity index (χ4v) is 3.57. The van der Waals surface area contributed by atoms with E-state index in [0.29, 0.717) is 47.0 Å². The first-order valence-corrected chi connectivity index (χ1v) is 10.1. The number of ether oxygens (including phenoxy) is 2. The highest BCUT2D eigenvalue weighted by Gasteiger charge is 2.29. The van der Waals surface area contributed by atoms with E-state index in [9.17, 15) is 4.79 Å². The molecule has 0 atom stereocenters. The molecule has 1 aliphatic carbocycles. The number of carbonyl (C=O) groups is 1. The van der Waals surface area contributed by atoms with Gasteiger partial charge in [0, 0.05) is 24.5 Å². The lowest BCUT2D eigenvalue weighted by Gasteiger charge is -2.13. The Kier molecular flexibility index (Phi) is 4.64. The van der Waals surface area contributed by atoms with Crippen LogP contribution in [0.3, 0.4) is 0 Å². The minimum atomic E-state index is -0.273. The van der Waals surface area contributed by atoms with Crippen LogP contribution in [0.5, 0.6) is 11.5 Å². The van der Waals surface area contributed by atoms with Gasteiger partial charge in [0.1, 0.15) is 5.69 Å². The standard InChI is InChI=1S/C22H20ClN3O3/c23-16-11-20-21(29-10-4-9-28-20)13-18(16)24-22(27)19-12-17(14-7-8-14)25-26(19)15-5-2-1-3-6-15/h1-3,5-6,11-14H,4,7-10H2,(H,24,27). The third-order valence-electron chi connectivity index (χ3n) is 5.04. The summed E-state index contributed by atoms with van der Waals surface area (Å²) in [6.45, 7) is 1.14. The van der Waals surface area contributed by atoms with Crippen molar-refractivity contribution >= 4 is 23.2 Å². The molecule has 0 spiro atoms. The molecule has 2 aliphatic rings. The summed E-state index contributed by atoms with van der Waals surface area (Å²) in [6, 6.07) is 14.9. The van der Waals surface area contributed by atoms with Crippen molar-refractivity contribution in [2.45, 2.75) is 25.2 Å². The second kappa shape index (κ2) is 7.44. The van der Waals surface area contributed by atoms with Crippen molar-refractivity contribution in [3.05, 3.63) is 64.9 Å². The zero-order valence-electron chi connectivity index (χ0n) is 15.7. The van der Waals surface area contributed by atoms with Gasteiger partial charge >= 0.3 is 0 Å². The Bertz CT molecular complexity index is 1060. The summed E-state index contributed by atoms with van der Waals surface area (Å²) >= 11 is 6.40. The molecule has 29 heavy (non-hydrogen) atoms. The number of anilines is 1. The zero-order chi connectivity index (χ0) is 19.8. The molecule has 7 heteroatoms. The molecule has 6 nitrogen and oxygen atoms in total. The Morgan fingerprint density at radius 3 is 2.52 bits per heavy atom. The minimum Gasteiger partial charge on any atom is -0.490 e. The van der Waals surface area contributed by atoms with Crippen LogP contribution < -0.4 is 14.8 Å². The van der Waals surface area contributed by atoms with Crippen LogP contribution in [0.15, 0.2) is 48.5 Å². The van der Waals surface area contributed by atoms with Gasteiger partial charge in [-0.2, -0.15) is 5.10 Å². The van der Waals surface area contributed by atoms with E-state index in [0.717, 1.165) is 30.6 Å². The van der Waals surface area contributed by atoms with Gasteiger partial charge in [0.2, 0.25) is 0 Å². The third-order valence-corrected chi connectivity index (χ3v) is 5.36. The number of hydrogen-bond donors (Lipinski definition) is 1. The minimum absolute atomic E-state index is 0.273. The predicted octanol–water partition coefficient (Wildman–Crippen LogP) is 4.82. The normalized spacial score (nSPS) is 15.6. The van der Waals surface area contributed by atoms with Crippen molar-refractivity contribution in [1.82, 2.24) is 9.78 Å².